The van der Waals surface area contributed by atoms with Crippen molar-refractivity contribution in [1.29, 1.82) is 0 Å². The topological polar surface area (TPSA) is 101 Å². The highest BCUT2D eigenvalue weighted by Crippen LogP contribution is 2.39. The summed E-state index contributed by atoms with van der Waals surface area (Å²) in [5, 5.41) is 22.9. The molecule has 1 fully saturated rings. The molecule has 0 aromatic heterocycles. The second-order valence-electron chi connectivity index (χ2n) is 10.5. The fourth-order valence-electron chi connectivity index (χ4n) is 5.50. The maximum absolute atomic E-state index is 12.4. The van der Waals surface area contributed by atoms with Crippen molar-refractivity contribution in [2.24, 2.45) is 4.99 Å². The number of carbonyl (C=O) groups excluding carboxylic acids is 1. The van der Waals surface area contributed by atoms with Crippen molar-refractivity contribution >= 4 is 35.1 Å². The number of nitrogens with one attached hydrogen (secondary N) is 4. The fourth-order valence-corrected chi connectivity index (χ4v) is 5.68. The molecule has 0 bridgehead atoms. The number of carbonyl (C=O) groups is 1. The first kappa shape index (κ1) is 25.6. The molecular formula is C28H35ClN6O2. The maximum atomic E-state index is 12.4. The van der Waals surface area contributed by atoms with Crippen LogP contribution in [0.2, 0.25) is 0 Å². The SMILES string of the molecule is CC1(C)C(=O)Nc2cccc(CNC3=C(Cl)C=NC(Nc4ccc(C5CCCN(CCO)C5)cc4)N3)c21. The first-order chi connectivity index (χ1) is 17.8. The normalized spacial score (nSPS) is 22.9. The van der Waals surface area contributed by atoms with Crippen LogP contribution in [0.4, 0.5) is 11.4 Å². The van der Waals surface area contributed by atoms with Crippen LogP contribution in [-0.2, 0) is 16.8 Å². The van der Waals surface area contributed by atoms with Gasteiger partial charge in [0.25, 0.3) is 0 Å². The molecule has 2 aromatic rings. The molecule has 1 saturated heterocycles. The number of hydrogen-bond acceptors (Lipinski definition) is 7. The van der Waals surface area contributed by atoms with Gasteiger partial charge in [0, 0.05) is 37.2 Å². The van der Waals surface area contributed by atoms with E-state index in [4.69, 9.17) is 11.6 Å². The average Bonchev–Trinajstić information content (AvgIpc) is 3.13. The molecule has 5 rings (SSSR count). The van der Waals surface area contributed by atoms with Crippen molar-refractivity contribution in [2.45, 2.75) is 50.9 Å². The number of likely N-dealkylation sites (tertiary alicyclic amines) is 1. The number of nitrogens with zero attached hydrogens (tertiary/aromatic N) is 2. The number of allylic oxidation sites excluding steroid dienone is 1. The van der Waals surface area contributed by atoms with Gasteiger partial charge < -0.3 is 31.3 Å². The Kier molecular flexibility index (Phi) is 7.42. The van der Waals surface area contributed by atoms with E-state index in [1.807, 2.05) is 32.0 Å². The predicted molar refractivity (Wildman–Crippen MR) is 149 cm³/mol. The largest absolute Gasteiger partial charge is 0.395 e. The number of amides is 1. The highest BCUT2D eigenvalue weighted by molar-refractivity contribution is 6.39. The average molecular weight is 523 g/mol. The van der Waals surface area contributed by atoms with E-state index in [-0.39, 0.29) is 18.8 Å². The zero-order chi connectivity index (χ0) is 26.0. The molecule has 9 heteroatoms. The van der Waals surface area contributed by atoms with Crippen molar-refractivity contribution in [3.8, 4) is 0 Å². The molecule has 3 aliphatic rings. The molecule has 196 valence electrons. The lowest BCUT2D eigenvalue weighted by atomic mass is 9.83. The lowest BCUT2D eigenvalue weighted by molar-refractivity contribution is -0.119. The van der Waals surface area contributed by atoms with Gasteiger partial charge in [-0.2, -0.15) is 0 Å². The van der Waals surface area contributed by atoms with E-state index in [1.165, 1.54) is 12.0 Å². The number of aliphatic hydroxyl groups is 1. The number of fused-ring (bicyclic) bond motifs is 1. The number of aliphatic hydroxyl groups excluding tert-OH is 1. The monoisotopic (exact) mass is 522 g/mol. The lowest BCUT2D eigenvalue weighted by Gasteiger charge is -2.32. The van der Waals surface area contributed by atoms with Gasteiger partial charge in [-0.25, -0.2) is 4.99 Å². The van der Waals surface area contributed by atoms with Gasteiger partial charge in [-0.1, -0.05) is 35.9 Å². The van der Waals surface area contributed by atoms with E-state index in [9.17, 15) is 9.90 Å². The third-order valence-electron chi connectivity index (χ3n) is 7.51. The van der Waals surface area contributed by atoms with Crippen LogP contribution in [-0.4, -0.2) is 54.7 Å². The number of anilines is 2. The molecule has 0 aliphatic carbocycles. The molecule has 3 aliphatic heterocycles. The quantitative estimate of drug-likeness (QED) is 0.363. The summed E-state index contributed by atoms with van der Waals surface area (Å²) in [5.41, 5.74) is 4.63. The minimum atomic E-state index is -0.585. The van der Waals surface area contributed by atoms with E-state index < -0.39 is 5.41 Å². The minimum Gasteiger partial charge on any atom is -0.395 e. The van der Waals surface area contributed by atoms with Crippen LogP contribution in [0.15, 0.2) is 58.3 Å². The third-order valence-corrected chi connectivity index (χ3v) is 7.80. The Morgan fingerprint density at radius 1 is 1.22 bits per heavy atom. The zero-order valence-electron chi connectivity index (χ0n) is 21.4. The molecule has 2 atom stereocenters. The van der Waals surface area contributed by atoms with Gasteiger partial charge in [-0.3, -0.25) is 4.79 Å². The first-order valence-electron chi connectivity index (χ1n) is 12.9. The molecule has 37 heavy (non-hydrogen) atoms. The summed E-state index contributed by atoms with van der Waals surface area (Å²) in [7, 11) is 0. The van der Waals surface area contributed by atoms with Gasteiger partial charge in [-0.15, -0.1) is 0 Å². The lowest BCUT2D eigenvalue weighted by Crippen LogP contribution is -2.41. The molecule has 2 unspecified atom stereocenters. The van der Waals surface area contributed by atoms with Gasteiger partial charge in [0.1, 0.15) is 5.82 Å². The van der Waals surface area contributed by atoms with E-state index in [0.717, 1.165) is 48.6 Å². The van der Waals surface area contributed by atoms with Crippen molar-refractivity contribution in [3.05, 3.63) is 70.0 Å². The Labute approximate surface area is 223 Å². The predicted octanol–water partition coefficient (Wildman–Crippen LogP) is 3.66. The summed E-state index contributed by atoms with van der Waals surface area (Å²) in [5.74, 6) is 1.19. The van der Waals surface area contributed by atoms with Gasteiger partial charge in [0.2, 0.25) is 5.91 Å². The molecule has 5 N–H and O–H groups in total. The van der Waals surface area contributed by atoms with Crippen LogP contribution in [0.1, 0.15) is 49.3 Å². The second-order valence-corrected chi connectivity index (χ2v) is 10.9. The molecule has 0 spiro atoms. The Morgan fingerprint density at radius 2 is 2.03 bits per heavy atom. The van der Waals surface area contributed by atoms with Gasteiger partial charge in [0.15, 0.2) is 6.29 Å². The molecule has 8 nitrogen and oxygen atoms in total. The standard InChI is InChI=1S/C28H35ClN6O2/c1-28(2)24-19(5-3-7-23(24)33-26(28)37)15-30-25-22(29)16-31-27(34-25)32-21-10-8-18(9-11-21)20-6-4-12-35(17-20)13-14-36/h3,5,7-11,16,20,27,30,32,34,36H,4,6,12-15,17H2,1-2H3,(H,33,37). The molecular weight excluding hydrogens is 488 g/mol. The number of β-amino-alcohol motifs (C(OH)–C–C–N with tert-alkyl or cyclic N) is 1. The van der Waals surface area contributed by atoms with E-state index in [2.05, 4.69) is 55.4 Å². The Bertz CT molecular complexity index is 1210. The van der Waals surface area contributed by atoms with Crippen molar-refractivity contribution in [2.75, 3.05) is 36.9 Å². The number of piperidine rings is 1. The minimum absolute atomic E-state index is 0.0105. The highest BCUT2D eigenvalue weighted by Gasteiger charge is 2.40. The molecule has 3 heterocycles. The molecule has 0 saturated carbocycles. The summed E-state index contributed by atoms with van der Waals surface area (Å²) in [6.45, 7) is 7.42. The Balaban J connectivity index is 1.20. The number of halogens is 1. The molecule has 2 aromatic carbocycles. The van der Waals surface area contributed by atoms with E-state index >= 15 is 0 Å². The molecule has 1 amide bonds. The number of aliphatic imine (C=N–C) groups is 1. The van der Waals surface area contributed by atoms with Crippen LogP contribution < -0.4 is 21.3 Å². The summed E-state index contributed by atoms with van der Waals surface area (Å²) in [4.78, 5) is 19.2. The maximum Gasteiger partial charge on any atom is 0.234 e. The smallest absolute Gasteiger partial charge is 0.234 e. The van der Waals surface area contributed by atoms with Crippen LogP contribution in [0.5, 0.6) is 0 Å². The van der Waals surface area contributed by atoms with Crippen LogP contribution in [0.3, 0.4) is 0 Å². The number of benzene rings is 2. The van der Waals surface area contributed by atoms with Crippen molar-refractivity contribution in [1.82, 2.24) is 15.5 Å². The van der Waals surface area contributed by atoms with Crippen molar-refractivity contribution < 1.29 is 9.90 Å². The highest BCUT2D eigenvalue weighted by atomic mass is 35.5. The number of rotatable bonds is 8. The van der Waals surface area contributed by atoms with Gasteiger partial charge in [0.05, 0.1) is 17.1 Å². The van der Waals surface area contributed by atoms with Crippen molar-refractivity contribution in [3.63, 3.8) is 0 Å². The summed E-state index contributed by atoms with van der Waals surface area (Å²) in [6.07, 6.45) is 3.61. The van der Waals surface area contributed by atoms with Gasteiger partial charge in [-0.05, 0) is 74.0 Å². The van der Waals surface area contributed by atoms with E-state index in [0.29, 0.717) is 23.3 Å². The second kappa shape index (κ2) is 10.7. The molecule has 0 radical (unpaired) electrons. The van der Waals surface area contributed by atoms with Gasteiger partial charge >= 0.3 is 0 Å². The van der Waals surface area contributed by atoms with E-state index in [1.54, 1.807) is 6.21 Å². The summed E-state index contributed by atoms with van der Waals surface area (Å²) in [6, 6.07) is 14.5. The first-order valence-corrected chi connectivity index (χ1v) is 13.3. The number of hydrogen-bond donors (Lipinski definition) is 5. The Hall–Kier alpha value is -3.07. The summed E-state index contributed by atoms with van der Waals surface area (Å²) < 4.78 is 0. The van der Waals surface area contributed by atoms with Crippen LogP contribution >= 0.6 is 11.6 Å². The summed E-state index contributed by atoms with van der Waals surface area (Å²) >= 11 is 6.45. The fraction of sp³-hybridized carbons (Fsp3) is 0.429. The van der Waals surface area contributed by atoms with Crippen LogP contribution in [0, 0.1) is 0 Å². The Morgan fingerprint density at radius 3 is 2.81 bits per heavy atom. The van der Waals surface area contributed by atoms with Crippen LogP contribution in [0.25, 0.3) is 0 Å². The zero-order valence-corrected chi connectivity index (χ0v) is 22.1. The third kappa shape index (κ3) is 5.46.